The fourth-order valence-corrected chi connectivity index (χ4v) is 2.22. The molecule has 1 nitrogen and oxygen atoms in total. The van der Waals surface area contributed by atoms with Crippen molar-refractivity contribution >= 4 is 11.6 Å². The molecule has 100 valence electrons. The maximum Gasteiger partial charge on any atom is 0.0717 e. The van der Waals surface area contributed by atoms with Gasteiger partial charge < -0.3 is 4.74 Å². The van der Waals surface area contributed by atoms with E-state index in [0.717, 1.165) is 6.42 Å². The summed E-state index contributed by atoms with van der Waals surface area (Å²) in [4.78, 5) is 0. The van der Waals surface area contributed by atoms with Crippen LogP contribution in [0, 0.1) is 5.92 Å². The highest BCUT2D eigenvalue weighted by Gasteiger charge is 2.08. The van der Waals surface area contributed by atoms with E-state index in [-0.39, 0.29) is 0 Å². The van der Waals surface area contributed by atoms with Crippen molar-refractivity contribution in [3.05, 3.63) is 71.8 Å². The van der Waals surface area contributed by atoms with Crippen LogP contribution in [-0.2, 0) is 17.8 Å². The summed E-state index contributed by atoms with van der Waals surface area (Å²) in [7, 11) is 0. The lowest BCUT2D eigenvalue weighted by atomic mass is 10.0. The first kappa shape index (κ1) is 14.1. The normalized spacial score (nSPS) is 12.3. The van der Waals surface area contributed by atoms with E-state index in [1.165, 1.54) is 11.1 Å². The van der Waals surface area contributed by atoms with Crippen molar-refractivity contribution in [2.45, 2.75) is 13.0 Å². The highest BCUT2D eigenvalue weighted by atomic mass is 35.5. The van der Waals surface area contributed by atoms with Gasteiger partial charge >= 0.3 is 0 Å². The Kier molecular flexibility index (Phi) is 5.93. The molecule has 0 amide bonds. The first-order valence-corrected chi connectivity index (χ1v) is 7.13. The monoisotopic (exact) mass is 274 g/mol. The van der Waals surface area contributed by atoms with Gasteiger partial charge in [0.05, 0.1) is 13.2 Å². The molecule has 0 aliphatic rings. The molecule has 0 aliphatic heterocycles. The molecule has 2 aromatic carbocycles. The first-order chi connectivity index (χ1) is 9.38. The molecule has 1 unspecified atom stereocenters. The third kappa shape index (κ3) is 5.06. The number of halogens is 1. The van der Waals surface area contributed by atoms with E-state index in [9.17, 15) is 0 Å². The molecular weight excluding hydrogens is 256 g/mol. The smallest absolute Gasteiger partial charge is 0.0717 e. The summed E-state index contributed by atoms with van der Waals surface area (Å²) in [6.07, 6.45) is 0.971. The van der Waals surface area contributed by atoms with Crippen molar-refractivity contribution in [2.24, 2.45) is 5.92 Å². The third-order valence-corrected chi connectivity index (χ3v) is 3.49. The van der Waals surface area contributed by atoms with Crippen LogP contribution < -0.4 is 0 Å². The summed E-state index contributed by atoms with van der Waals surface area (Å²) < 4.78 is 5.76. The van der Waals surface area contributed by atoms with E-state index in [1.807, 2.05) is 24.3 Å². The molecule has 2 rings (SSSR count). The van der Waals surface area contributed by atoms with E-state index in [4.69, 9.17) is 16.3 Å². The Labute approximate surface area is 120 Å². The molecule has 0 N–H and O–H groups in total. The number of hydrogen-bond donors (Lipinski definition) is 0. The fraction of sp³-hybridized carbons (Fsp3) is 0.294. The Hall–Kier alpha value is -1.31. The average Bonchev–Trinajstić information content (AvgIpc) is 2.48. The first-order valence-electron chi connectivity index (χ1n) is 6.60. The van der Waals surface area contributed by atoms with Gasteiger partial charge in [-0.3, -0.25) is 0 Å². The lowest BCUT2D eigenvalue weighted by Gasteiger charge is -2.14. The Bertz CT molecular complexity index is 455. The van der Waals surface area contributed by atoms with Gasteiger partial charge in [-0.15, -0.1) is 11.6 Å². The van der Waals surface area contributed by atoms with Gasteiger partial charge in [0.1, 0.15) is 0 Å². The Morgan fingerprint density at radius 2 is 1.42 bits per heavy atom. The fourth-order valence-electron chi connectivity index (χ4n) is 2.02. The number of rotatable bonds is 7. The number of ether oxygens (including phenoxy) is 1. The largest absolute Gasteiger partial charge is 0.376 e. The van der Waals surface area contributed by atoms with E-state index in [1.54, 1.807) is 0 Å². The zero-order valence-corrected chi connectivity index (χ0v) is 11.7. The zero-order chi connectivity index (χ0) is 13.3. The summed E-state index contributed by atoms with van der Waals surface area (Å²) in [6, 6.07) is 20.7. The van der Waals surface area contributed by atoms with Crippen molar-refractivity contribution in [1.29, 1.82) is 0 Å². The SMILES string of the molecule is ClCC(COCc1ccccc1)Cc1ccccc1. The molecule has 0 heterocycles. The molecule has 1 atom stereocenters. The van der Waals surface area contributed by atoms with Crippen molar-refractivity contribution in [1.82, 2.24) is 0 Å². The van der Waals surface area contributed by atoms with Gasteiger partial charge in [-0.1, -0.05) is 60.7 Å². The van der Waals surface area contributed by atoms with E-state index in [2.05, 4.69) is 36.4 Å². The van der Waals surface area contributed by atoms with Gasteiger partial charge in [0.2, 0.25) is 0 Å². The summed E-state index contributed by atoms with van der Waals surface area (Å²) >= 11 is 6.02. The molecule has 2 heteroatoms. The van der Waals surface area contributed by atoms with Crippen LogP contribution in [-0.4, -0.2) is 12.5 Å². The second kappa shape index (κ2) is 7.98. The molecule has 0 saturated carbocycles. The average molecular weight is 275 g/mol. The highest BCUT2D eigenvalue weighted by molar-refractivity contribution is 6.18. The van der Waals surface area contributed by atoms with Crippen LogP contribution in [0.1, 0.15) is 11.1 Å². The quantitative estimate of drug-likeness (QED) is 0.684. The molecule has 0 spiro atoms. The maximum absolute atomic E-state index is 6.02. The Morgan fingerprint density at radius 1 is 0.842 bits per heavy atom. The van der Waals surface area contributed by atoms with Gasteiger partial charge in [-0.2, -0.15) is 0 Å². The van der Waals surface area contributed by atoms with Crippen LogP contribution in [0.5, 0.6) is 0 Å². The van der Waals surface area contributed by atoms with Crippen molar-refractivity contribution in [3.63, 3.8) is 0 Å². The van der Waals surface area contributed by atoms with E-state index < -0.39 is 0 Å². The van der Waals surface area contributed by atoms with Crippen LogP contribution in [0.2, 0.25) is 0 Å². The summed E-state index contributed by atoms with van der Waals surface area (Å²) in [6.45, 7) is 1.36. The minimum absolute atomic E-state index is 0.368. The number of benzene rings is 2. The summed E-state index contributed by atoms with van der Waals surface area (Å²) in [5.74, 6) is 0.997. The third-order valence-electron chi connectivity index (χ3n) is 3.05. The zero-order valence-electron chi connectivity index (χ0n) is 11.0. The lowest BCUT2D eigenvalue weighted by molar-refractivity contribution is 0.0931. The van der Waals surface area contributed by atoms with Gasteiger partial charge in [-0.05, 0) is 23.5 Å². The molecular formula is C17H19ClO. The number of alkyl halides is 1. The van der Waals surface area contributed by atoms with Gasteiger partial charge in [-0.25, -0.2) is 0 Å². The molecule has 0 bridgehead atoms. The second-order valence-corrected chi connectivity index (χ2v) is 5.02. The Morgan fingerprint density at radius 3 is 2.00 bits per heavy atom. The van der Waals surface area contributed by atoms with Crippen LogP contribution >= 0.6 is 11.6 Å². The van der Waals surface area contributed by atoms with Crippen LogP contribution in [0.3, 0.4) is 0 Å². The molecule has 2 aromatic rings. The predicted molar refractivity (Wildman–Crippen MR) is 80.5 cm³/mol. The standard InChI is InChI=1S/C17H19ClO/c18-12-17(11-15-7-3-1-4-8-15)14-19-13-16-9-5-2-6-10-16/h1-10,17H,11-14H2. The second-order valence-electron chi connectivity index (χ2n) is 4.71. The molecule has 0 saturated heterocycles. The van der Waals surface area contributed by atoms with Crippen molar-refractivity contribution in [2.75, 3.05) is 12.5 Å². The van der Waals surface area contributed by atoms with E-state index >= 15 is 0 Å². The molecule has 19 heavy (non-hydrogen) atoms. The van der Waals surface area contributed by atoms with Crippen molar-refractivity contribution < 1.29 is 4.74 Å². The van der Waals surface area contributed by atoms with Gasteiger partial charge in [0, 0.05) is 5.88 Å². The lowest BCUT2D eigenvalue weighted by Crippen LogP contribution is -2.14. The maximum atomic E-state index is 6.02. The minimum Gasteiger partial charge on any atom is -0.376 e. The molecule has 0 aromatic heterocycles. The summed E-state index contributed by atoms with van der Waals surface area (Å²) in [5, 5.41) is 0. The topological polar surface area (TPSA) is 9.23 Å². The molecule has 0 radical (unpaired) electrons. The van der Waals surface area contributed by atoms with Crippen LogP contribution in [0.25, 0.3) is 0 Å². The Balaban J connectivity index is 1.77. The van der Waals surface area contributed by atoms with Crippen LogP contribution in [0.15, 0.2) is 60.7 Å². The number of hydrogen-bond acceptors (Lipinski definition) is 1. The predicted octanol–water partition coefficient (Wildman–Crippen LogP) is 4.30. The van der Waals surface area contributed by atoms with Gasteiger partial charge in [0.25, 0.3) is 0 Å². The van der Waals surface area contributed by atoms with Crippen LogP contribution in [0.4, 0.5) is 0 Å². The molecule has 0 aliphatic carbocycles. The van der Waals surface area contributed by atoms with Crippen molar-refractivity contribution in [3.8, 4) is 0 Å². The summed E-state index contributed by atoms with van der Waals surface area (Å²) in [5.41, 5.74) is 2.52. The van der Waals surface area contributed by atoms with E-state index in [0.29, 0.717) is 25.0 Å². The minimum atomic E-state index is 0.368. The van der Waals surface area contributed by atoms with Gasteiger partial charge in [0.15, 0.2) is 0 Å². The highest BCUT2D eigenvalue weighted by Crippen LogP contribution is 2.12. The molecule has 0 fully saturated rings.